The molecule has 7 heteroatoms. The molecule has 0 bridgehead atoms. The fourth-order valence-electron chi connectivity index (χ4n) is 3.41. The van der Waals surface area contributed by atoms with Crippen molar-refractivity contribution in [2.75, 3.05) is 16.9 Å². The molecule has 4 aromatic rings. The second-order valence-corrected chi connectivity index (χ2v) is 7.82. The first-order valence-electron chi connectivity index (χ1n) is 9.52. The summed E-state index contributed by atoms with van der Waals surface area (Å²) < 4.78 is 27.1. The van der Waals surface area contributed by atoms with Crippen molar-refractivity contribution in [1.82, 2.24) is 4.98 Å². The molecule has 1 aromatic heterocycles. The van der Waals surface area contributed by atoms with Gasteiger partial charge in [0.1, 0.15) is 11.6 Å². The summed E-state index contributed by atoms with van der Waals surface area (Å²) in [5.41, 5.74) is 4.01. The number of hydrogen-bond donors (Lipinski definition) is 2. The lowest BCUT2D eigenvalue weighted by molar-refractivity contribution is 0.262. The molecule has 0 saturated carbocycles. The number of fused-ring (bicyclic) bond motifs is 1. The van der Waals surface area contributed by atoms with E-state index in [1.54, 1.807) is 18.0 Å². The van der Waals surface area contributed by atoms with E-state index in [4.69, 9.17) is 0 Å². The molecule has 0 spiro atoms. The third-order valence-corrected chi connectivity index (χ3v) is 5.62. The number of carbonyl (C=O) groups excluding carboxylic acids is 1. The van der Waals surface area contributed by atoms with Crippen LogP contribution in [0.4, 0.5) is 25.0 Å². The first kappa shape index (κ1) is 20.8. The van der Waals surface area contributed by atoms with Gasteiger partial charge in [-0.05, 0) is 49.1 Å². The highest BCUT2D eigenvalue weighted by molar-refractivity contribution is 7.98. The van der Waals surface area contributed by atoms with Crippen LogP contribution in [-0.4, -0.2) is 17.3 Å². The zero-order valence-electron chi connectivity index (χ0n) is 16.9. The van der Waals surface area contributed by atoms with Gasteiger partial charge in [0.05, 0.1) is 23.1 Å². The van der Waals surface area contributed by atoms with E-state index in [1.165, 1.54) is 6.07 Å². The van der Waals surface area contributed by atoms with Gasteiger partial charge in [-0.1, -0.05) is 29.8 Å². The van der Waals surface area contributed by atoms with Crippen LogP contribution in [0.25, 0.3) is 22.0 Å². The van der Waals surface area contributed by atoms with Gasteiger partial charge in [0.15, 0.2) is 0 Å². The van der Waals surface area contributed by atoms with Crippen molar-refractivity contribution in [3.05, 3.63) is 84.1 Å². The van der Waals surface area contributed by atoms with Gasteiger partial charge in [-0.15, -0.1) is 11.8 Å². The number of benzene rings is 3. The number of nitrogens with one attached hydrogen (secondary N) is 2. The quantitative estimate of drug-likeness (QED) is 0.345. The first-order valence-corrected chi connectivity index (χ1v) is 10.7. The summed E-state index contributed by atoms with van der Waals surface area (Å²) in [7, 11) is 0. The van der Waals surface area contributed by atoms with Gasteiger partial charge >= 0.3 is 6.03 Å². The summed E-state index contributed by atoms with van der Waals surface area (Å²) in [6.07, 6.45) is 3.58. The molecule has 0 radical (unpaired) electrons. The van der Waals surface area contributed by atoms with Crippen LogP contribution >= 0.6 is 11.8 Å². The van der Waals surface area contributed by atoms with Crippen LogP contribution in [0.2, 0.25) is 0 Å². The Labute approximate surface area is 182 Å². The highest BCUT2D eigenvalue weighted by atomic mass is 32.2. The molecule has 3 aromatic carbocycles. The molecule has 0 unspecified atom stereocenters. The Morgan fingerprint density at radius 3 is 2.52 bits per heavy atom. The molecule has 0 atom stereocenters. The van der Waals surface area contributed by atoms with Gasteiger partial charge in [-0.3, -0.25) is 4.98 Å². The molecule has 0 saturated heterocycles. The second kappa shape index (κ2) is 8.73. The molecule has 2 amide bonds. The molecule has 4 rings (SSSR count). The Morgan fingerprint density at radius 1 is 0.968 bits per heavy atom. The number of urea groups is 1. The number of aryl methyl sites for hydroxylation is 1. The van der Waals surface area contributed by atoms with Crippen LogP contribution in [0, 0.1) is 18.6 Å². The lowest BCUT2D eigenvalue weighted by Crippen LogP contribution is -2.21. The fraction of sp³-hybridized carbons (Fsp3) is 0.0833. The van der Waals surface area contributed by atoms with Crippen LogP contribution in [0.5, 0.6) is 0 Å². The minimum Gasteiger partial charge on any atom is -0.306 e. The number of amides is 2. The van der Waals surface area contributed by atoms with Crippen LogP contribution in [-0.2, 0) is 0 Å². The number of rotatable bonds is 4. The number of anilines is 2. The maximum atomic E-state index is 13.9. The number of aromatic nitrogens is 1. The van der Waals surface area contributed by atoms with E-state index >= 15 is 0 Å². The molecule has 31 heavy (non-hydrogen) atoms. The zero-order chi connectivity index (χ0) is 22.0. The SMILES string of the molecule is CSc1ccccc1-c1c(NC(=O)Nc2ccc(F)cc2F)cnc2ccc(C)cc12. The van der Waals surface area contributed by atoms with Crippen molar-refractivity contribution in [2.45, 2.75) is 11.8 Å². The van der Waals surface area contributed by atoms with E-state index in [2.05, 4.69) is 15.6 Å². The number of hydrogen-bond acceptors (Lipinski definition) is 3. The van der Waals surface area contributed by atoms with Crippen molar-refractivity contribution in [3.8, 4) is 11.1 Å². The monoisotopic (exact) mass is 435 g/mol. The Hall–Kier alpha value is -3.45. The molecule has 0 aliphatic heterocycles. The highest BCUT2D eigenvalue weighted by Crippen LogP contribution is 2.39. The summed E-state index contributed by atoms with van der Waals surface area (Å²) >= 11 is 1.60. The standard InChI is InChI=1S/C24H19F2N3OS/c1-14-7-9-19-17(11-14)23(16-5-3-4-6-22(16)31-2)21(13-27-19)29-24(30)28-20-10-8-15(25)12-18(20)26/h3-13H,1-2H3,(H2,28,29,30). The molecule has 4 nitrogen and oxygen atoms in total. The molecule has 0 fully saturated rings. The fourth-order valence-corrected chi connectivity index (χ4v) is 4.01. The first-order chi connectivity index (χ1) is 15.0. The lowest BCUT2D eigenvalue weighted by atomic mass is 9.98. The molecular formula is C24H19F2N3OS. The summed E-state index contributed by atoms with van der Waals surface area (Å²) in [5, 5.41) is 6.10. The number of halogens is 2. The number of carbonyl (C=O) groups is 1. The summed E-state index contributed by atoms with van der Waals surface area (Å²) in [5.74, 6) is -1.57. The van der Waals surface area contributed by atoms with Crippen LogP contribution in [0.1, 0.15) is 5.56 Å². The van der Waals surface area contributed by atoms with E-state index in [9.17, 15) is 13.6 Å². The molecular weight excluding hydrogens is 416 g/mol. The van der Waals surface area contributed by atoms with Crippen LogP contribution in [0.15, 0.2) is 71.8 Å². The molecule has 0 aliphatic rings. The van der Waals surface area contributed by atoms with Crippen molar-refractivity contribution in [3.63, 3.8) is 0 Å². The second-order valence-electron chi connectivity index (χ2n) is 6.97. The third-order valence-electron chi connectivity index (χ3n) is 4.83. The maximum absolute atomic E-state index is 13.9. The molecule has 0 aliphatic carbocycles. The number of thioether (sulfide) groups is 1. The van der Waals surface area contributed by atoms with Crippen molar-refractivity contribution >= 4 is 40.1 Å². The minimum absolute atomic E-state index is 0.116. The minimum atomic E-state index is -0.852. The van der Waals surface area contributed by atoms with Gasteiger partial charge in [-0.2, -0.15) is 0 Å². The van der Waals surface area contributed by atoms with Gasteiger partial charge in [0, 0.05) is 21.9 Å². The van der Waals surface area contributed by atoms with E-state index in [1.807, 2.05) is 55.6 Å². The predicted molar refractivity (Wildman–Crippen MR) is 123 cm³/mol. The van der Waals surface area contributed by atoms with Gasteiger partial charge in [-0.25, -0.2) is 13.6 Å². The van der Waals surface area contributed by atoms with Gasteiger partial charge in [0.2, 0.25) is 0 Å². The highest BCUT2D eigenvalue weighted by Gasteiger charge is 2.17. The normalized spacial score (nSPS) is 10.8. The van der Waals surface area contributed by atoms with Crippen LogP contribution < -0.4 is 10.6 Å². The lowest BCUT2D eigenvalue weighted by Gasteiger charge is -2.17. The number of nitrogens with zero attached hydrogens (tertiary/aromatic N) is 1. The van der Waals surface area contributed by atoms with E-state index in [0.29, 0.717) is 5.69 Å². The summed E-state index contributed by atoms with van der Waals surface area (Å²) in [6.45, 7) is 1.99. The van der Waals surface area contributed by atoms with Crippen molar-refractivity contribution in [2.24, 2.45) is 0 Å². The van der Waals surface area contributed by atoms with Crippen molar-refractivity contribution < 1.29 is 13.6 Å². The average molecular weight is 435 g/mol. The smallest absolute Gasteiger partial charge is 0.306 e. The van der Waals surface area contributed by atoms with E-state index < -0.39 is 17.7 Å². The van der Waals surface area contributed by atoms with Gasteiger partial charge in [0.25, 0.3) is 0 Å². The predicted octanol–water partition coefficient (Wildman–Crippen LogP) is 6.85. The topological polar surface area (TPSA) is 54.0 Å². The van der Waals surface area contributed by atoms with Gasteiger partial charge < -0.3 is 10.6 Å². The largest absolute Gasteiger partial charge is 0.323 e. The van der Waals surface area contributed by atoms with E-state index in [-0.39, 0.29) is 5.69 Å². The Kier molecular flexibility index (Phi) is 5.86. The number of pyridine rings is 1. The molecule has 1 heterocycles. The maximum Gasteiger partial charge on any atom is 0.323 e. The molecule has 156 valence electrons. The van der Waals surface area contributed by atoms with Crippen molar-refractivity contribution in [1.29, 1.82) is 0 Å². The summed E-state index contributed by atoms with van der Waals surface area (Å²) in [6, 6.07) is 16.2. The summed E-state index contributed by atoms with van der Waals surface area (Å²) in [4.78, 5) is 18.2. The Bertz CT molecular complexity index is 1290. The van der Waals surface area contributed by atoms with E-state index in [0.717, 1.165) is 44.6 Å². The third kappa shape index (κ3) is 4.36. The Morgan fingerprint density at radius 2 is 1.74 bits per heavy atom. The van der Waals surface area contributed by atoms with Crippen LogP contribution in [0.3, 0.4) is 0 Å². The average Bonchev–Trinajstić information content (AvgIpc) is 2.75. The molecule has 2 N–H and O–H groups in total. The Balaban J connectivity index is 1.79. The zero-order valence-corrected chi connectivity index (χ0v) is 17.7.